The largest absolute Gasteiger partial charge is 0.395 e. The summed E-state index contributed by atoms with van der Waals surface area (Å²) >= 11 is 6.29. The van der Waals surface area contributed by atoms with Crippen LogP contribution in [0, 0.1) is 19.7 Å². The van der Waals surface area contributed by atoms with E-state index in [1.807, 2.05) is 30.3 Å². The third-order valence-electron chi connectivity index (χ3n) is 6.88. The van der Waals surface area contributed by atoms with Crippen LogP contribution in [0.15, 0.2) is 65.5 Å². The van der Waals surface area contributed by atoms with Gasteiger partial charge in [0.05, 0.1) is 18.9 Å². The molecule has 2 aromatic carbocycles. The highest BCUT2D eigenvalue weighted by Gasteiger charge is 2.26. The monoisotopic (exact) mass is 593 g/mol. The lowest BCUT2D eigenvalue weighted by Crippen LogP contribution is -2.26. The first-order chi connectivity index (χ1) is 20.0. The molecule has 2 heterocycles. The Kier molecular flexibility index (Phi) is 9.72. The summed E-state index contributed by atoms with van der Waals surface area (Å²) in [4.78, 5) is 31.0. The number of carbonyl (C=O) groups is 1. The first-order valence-corrected chi connectivity index (χ1v) is 13.8. The molecule has 0 radical (unpaired) electrons. The first kappa shape index (κ1) is 30.8. The van der Waals surface area contributed by atoms with Gasteiger partial charge in [-0.1, -0.05) is 54.1 Å². The Hall–Kier alpha value is -4.12. The molecule has 0 spiro atoms. The average molecular weight is 594 g/mol. The van der Waals surface area contributed by atoms with E-state index in [4.69, 9.17) is 16.3 Å². The Morgan fingerprint density at radius 3 is 2.52 bits per heavy atom. The van der Waals surface area contributed by atoms with Crippen LogP contribution in [0.25, 0.3) is 5.69 Å². The Morgan fingerprint density at radius 2 is 1.90 bits per heavy atom. The molecule has 42 heavy (non-hydrogen) atoms. The number of hydrogen-bond acceptors (Lipinski definition) is 6. The second-order valence-electron chi connectivity index (χ2n) is 10.0. The van der Waals surface area contributed by atoms with Crippen molar-refractivity contribution in [1.82, 2.24) is 19.3 Å². The fourth-order valence-electron chi connectivity index (χ4n) is 4.72. The predicted octanol–water partition coefficient (Wildman–Crippen LogP) is 5.48. The van der Waals surface area contributed by atoms with Crippen molar-refractivity contribution in [2.75, 3.05) is 11.9 Å². The number of ether oxygens (including phenoxy) is 1. The molecule has 0 aliphatic carbocycles. The van der Waals surface area contributed by atoms with Gasteiger partial charge in [0.1, 0.15) is 18.1 Å². The molecular weight excluding hydrogens is 561 g/mol. The number of benzene rings is 2. The third-order valence-corrected chi connectivity index (χ3v) is 7.16. The Morgan fingerprint density at radius 1 is 1.19 bits per heavy atom. The lowest BCUT2D eigenvalue weighted by Gasteiger charge is -2.20. The van der Waals surface area contributed by atoms with E-state index in [2.05, 4.69) is 22.0 Å². The van der Waals surface area contributed by atoms with E-state index in [9.17, 15) is 14.7 Å². The Balaban J connectivity index is 1.75. The van der Waals surface area contributed by atoms with Gasteiger partial charge in [0, 0.05) is 23.7 Å². The van der Waals surface area contributed by atoms with Crippen molar-refractivity contribution in [2.24, 2.45) is 0 Å². The van der Waals surface area contributed by atoms with E-state index in [1.165, 1.54) is 10.6 Å². The maximum absolute atomic E-state index is 15.7. The molecule has 0 bridgehead atoms. The van der Waals surface area contributed by atoms with Gasteiger partial charge in [-0.15, -0.1) is 5.10 Å². The van der Waals surface area contributed by atoms with Crippen LogP contribution in [0.2, 0.25) is 5.15 Å². The fourth-order valence-corrected chi connectivity index (χ4v) is 5.05. The van der Waals surface area contributed by atoms with Crippen LogP contribution in [-0.4, -0.2) is 37.0 Å². The van der Waals surface area contributed by atoms with E-state index in [0.717, 1.165) is 16.3 Å². The number of amides is 1. The topological polar surface area (TPSA) is 111 Å². The molecule has 0 saturated heterocycles. The van der Waals surface area contributed by atoms with Crippen molar-refractivity contribution >= 4 is 23.2 Å². The maximum atomic E-state index is 15.7. The van der Waals surface area contributed by atoms with Gasteiger partial charge in [-0.2, -0.15) is 4.68 Å². The highest BCUT2D eigenvalue weighted by atomic mass is 35.5. The molecule has 220 valence electrons. The number of rotatable bonds is 11. The lowest BCUT2D eigenvalue weighted by atomic mass is 9.89. The van der Waals surface area contributed by atoms with E-state index in [0.29, 0.717) is 29.3 Å². The normalized spacial score (nSPS) is 11.9. The zero-order valence-corrected chi connectivity index (χ0v) is 24.7. The van der Waals surface area contributed by atoms with Gasteiger partial charge < -0.3 is 15.2 Å². The minimum absolute atomic E-state index is 0.0235. The van der Waals surface area contributed by atoms with E-state index >= 15 is 4.39 Å². The van der Waals surface area contributed by atoms with Crippen LogP contribution in [0.5, 0.6) is 0 Å². The molecular formula is C31H33ClFN5O4. The molecule has 11 heteroatoms. The van der Waals surface area contributed by atoms with Crippen molar-refractivity contribution in [3.63, 3.8) is 0 Å². The van der Waals surface area contributed by atoms with E-state index < -0.39 is 29.9 Å². The number of aliphatic hydroxyl groups is 1. The highest BCUT2D eigenvalue weighted by Crippen LogP contribution is 2.31. The molecule has 4 aromatic rings. The minimum Gasteiger partial charge on any atom is -0.395 e. The van der Waals surface area contributed by atoms with Crippen LogP contribution < -0.4 is 11.0 Å². The van der Waals surface area contributed by atoms with Gasteiger partial charge in [0.2, 0.25) is 0 Å². The smallest absolute Gasteiger partial charge is 0.350 e. The van der Waals surface area contributed by atoms with Crippen LogP contribution >= 0.6 is 11.6 Å². The van der Waals surface area contributed by atoms with Gasteiger partial charge in [0.15, 0.2) is 11.0 Å². The summed E-state index contributed by atoms with van der Waals surface area (Å²) in [6.07, 6.45) is 0. The quantitative estimate of drug-likeness (QED) is 0.176. The predicted molar refractivity (Wildman–Crippen MR) is 160 cm³/mol. The van der Waals surface area contributed by atoms with Crippen molar-refractivity contribution < 1.29 is 19.0 Å². The zero-order valence-electron chi connectivity index (χ0n) is 23.9. The van der Waals surface area contributed by atoms with Gasteiger partial charge in [-0.3, -0.25) is 9.36 Å². The number of aryl methyl sites for hydroxylation is 2. The summed E-state index contributed by atoms with van der Waals surface area (Å²) in [5.74, 6) is -1.92. The second-order valence-corrected chi connectivity index (χ2v) is 10.4. The minimum atomic E-state index is -0.855. The van der Waals surface area contributed by atoms with Gasteiger partial charge in [-0.05, 0) is 62.6 Å². The molecule has 2 aromatic heterocycles. The van der Waals surface area contributed by atoms with Crippen LogP contribution in [0.1, 0.15) is 58.3 Å². The number of aromatic nitrogens is 4. The molecule has 1 atom stereocenters. The molecule has 1 unspecified atom stereocenters. The van der Waals surface area contributed by atoms with Crippen LogP contribution in [0.4, 0.5) is 10.1 Å². The molecule has 0 saturated carbocycles. The summed E-state index contributed by atoms with van der Waals surface area (Å²) < 4.78 is 23.9. The highest BCUT2D eigenvalue weighted by molar-refractivity contribution is 6.33. The number of halogens is 2. The molecule has 1 amide bonds. The van der Waals surface area contributed by atoms with Crippen molar-refractivity contribution in [1.29, 1.82) is 0 Å². The number of pyridine rings is 1. The summed E-state index contributed by atoms with van der Waals surface area (Å²) in [6, 6.07) is 13.7. The Labute approximate surface area is 248 Å². The van der Waals surface area contributed by atoms with Gasteiger partial charge >= 0.3 is 5.69 Å². The van der Waals surface area contributed by atoms with Crippen molar-refractivity contribution in [2.45, 2.75) is 53.4 Å². The summed E-state index contributed by atoms with van der Waals surface area (Å²) in [5, 5.41) is 17.4. The number of carbonyl (C=O) groups excluding carboxylic acids is 1. The zero-order chi connectivity index (χ0) is 30.6. The number of nitrogens with zero attached hydrogens (tertiary/aromatic N) is 4. The molecule has 0 aliphatic heterocycles. The molecule has 2 N–H and O–H groups in total. The van der Waals surface area contributed by atoms with Crippen LogP contribution in [-0.2, 0) is 24.5 Å². The maximum Gasteiger partial charge on any atom is 0.350 e. The molecule has 4 rings (SSSR count). The molecule has 0 fully saturated rings. The summed E-state index contributed by atoms with van der Waals surface area (Å²) in [5.41, 5.74) is 2.62. The van der Waals surface area contributed by atoms with E-state index in [-0.39, 0.29) is 40.8 Å². The van der Waals surface area contributed by atoms with Crippen molar-refractivity contribution in [3.05, 3.63) is 116 Å². The molecule has 9 nitrogen and oxygen atoms in total. The lowest BCUT2D eigenvalue weighted by molar-refractivity contribution is 0.0989. The Bertz CT molecular complexity index is 1660. The second kappa shape index (κ2) is 13.2. The number of aliphatic hydroxyl groups excluding tert-OH is 1. The summed E-state index contributed by atoms with van der Waals surface area (Å²) in [7, 11) is 0. The third kappa shape index (κ3) is 6.51. The van der Waals surface area contributed by atoms with E-state index in [1.54, 1.807) is 33.8 Å². The standard InChI is InChI=1S/C31H33ClFN5O4/c1-6-37-27(17-42-16-21-10-8-7-9-11-21)36-38(31(37)41)26-14-22(24(15-39)18(2)3)23(13-25(26)33)30(40)35-28-19(4)12-20(5)34-29(28)32/h7-14,24,39H,2,6,15-17H2,1,3-5H3,(H,35,40). The average Bonchev–Trinajstić information content (AvgIpc) is 3.26. The van der Waals surface area contributed by atoms with Gasteiger partial charge in [0.25, 0.3) is 5.91 Å². The number of hydrogen-bond donors (Lipinski definition) is 2. The molecule has 0 aliphatic rings. The SMILES string of the molecule is C=C(C)C(CO)c1cc(-n2nc(COCc3ccccc3)n(CC)c2=O)c(F)cc1C(=O)Nc1c(C)cc(C)nc1Cl. The van der Waals surface area contributed by atoms with Crippen LogP contribution in [0.3, 0.4) is 0 Å². The first-order valence-electron chi connectivity index (χ1n) is 13.4. The van der Waals surface area contributed by atoms with Gasteiger partial charge in [-0.25, -0.2) is 14.2 Å². The number of anilines is 1. The van der Waals surface area contributed by atoms with Crippen molar-refractivity contribution in [3.8, 4) is 5.69 Å². The number of nitrogens with one attached hydrogen (secondary N) is 1. The fraction of sp³-hybridized carbons (Fsp3) is 0.290. The summed E-state index contributed by atoms with van der Waals surface area (Å²) in [6.45, 7) is 11.2.